The molecule has 0 amide bonds. The number of non-ortho nitro benzene ring substituents is 1. The number of aryl methyl sites for hydroxylation is 1. The van der Waals surface area contributed by atoms with E-state index in [0.29, 0.717) is 6.54 Å². The van der Waals surface area contributed by atoms with Crippen molar-refractivity contribution in [2.24, 2.45) is 0 Å². The third kappa shape index (κ3) is 3.47. The van der Waals surface area contributed by atoms with Gasteiger partial charge in [-0.25, -0.2) is 0 Å². The Bertz CT molecular complexity index is 626. The first-order valence-corrected chi connectivity index (χ1v) is 6.21. The number of ether oxygens (including phenoxy) is 1. The minimum atomic E-state index is -0.385. The average molecular weight is 272 g/mol. The standard InChI is InChI=1S/C15H16N2O3/c1-11-6-13(9-14(7-11)17(18)19)16-10-12-4-3-5-15(8-12)20-2/h3-9,16H,10H2,1-2H3. The molecule has 0 aromatic heterocycles. The Kier molecular flexibility index (Phi) is 4.20. The predicted molar refractivity (Wildman–Crippen MR) is 78.2 cm³/mol. The Hall–Kier alpha value is -2.56. The van der Waals surface area contributed by atoms with Gasteiger partial charge >= 0.3 is 0 Å². The summed E-state index contributed by atoms with van der Waals surface area (Å²) in [4.78, 5) is 10.4. The molecule has 5 nitrogen and oxygen atoms in total. The smallest absolute Gasteiger partial charge is 0.271 e. The number of nitrogens with one attached hydrogen (secondary N) is 1. The van der Waals surface area contributed by atoms with E-state index in [9.17, 15) is 10.1 Å². The number of anilines is 1. The molecule has 2 rings (SSSR count). The summed E-state index contributed by atoms with van der Waals surface area (Å²) in [5.74, 6) is 0.791. The topological polar surface area (TPSA) is 64.4 Å². The van der Waals surface area contributed by atoms with Crippen molar-refractivity contribution < 1.29 is 9.66 Å². The molecule has 0 aliphatic heterocycles. The number of nitro benzene ring substituents is 1. The molecule has 0 aliphatic carbocycles. The van der Waals surface area contributed by atoms with Crippen molar-refractivity contribution in [3.63, 3.8) is 0 Å². The fourth-order valence-electron chi connectivity index (χ4n) is 1.96. The maximum Gasteiger partial charge on any atom is 0.271 e. The van der Waals surface area contributed by atoms with Gasteiger partial charge in [-0.1, -0.05) is 12.1 Å². The summed E-state index contributed by atoms with van der Waals surface area (Å²) in [6.45, 7) is 2.42. The van der Waals surface area contributed by atoms with Gasteiger partial charge in [-0.3, -0.25) is 10.1 Å². The van der Waals surface area contributed by atoms with Crippen molar-refractivity contribution in [3.05, 3.63) is 63.7 Å². The van der Waals surface area contributed by atoms with E-state index in [2.05, 4.69) is 5.32 Å². The van der Waals surface area contributed by atoms with Crippen molar-refractivity contribution in [2.75, 3.05) is 12.4 Å². The molecule has 2 aromatic rings. The van der Waals surface area contributed by atoms with Gasteiger partial charge in [0, 0.05) is 24.4 Å². The lowest BCUT2D eigenvalue weighted by Crippen LogP contribution is -2.01. The monoisotopic (exact) mass is 272 g/mol. The van der Waals surface area contributed by atoms with Gasteiger partial charge in [0.1, 0.15) is 5.75 Å². The van der Waals surface area contributed by atoms with Crippen molar-refractivity contribution in [1.29, 1.82) is 0 Å². The largest absolute Gasteiger partial charge is 0.497 e. The fraction of sp³-hybridized carbons (Fsp3) is 0.200. The highest BCUT2D eigenvalue weighted by atomic mass is 16.6. The van der Waals surface area contributed by atoms with E-state index in [1.807, 2.05) is 37.3 Å². The molecule has 0 unspecified atom stereocenters. The van der Waals surface area contributed by atoms with E-state index >= 15 is 0 Å². The van der Waals surface area contributed by atoms with Crippen molar-refractivity contribution in [1.82, 2.24) is 0 Å². The zero-order valence-electron chi connectivity index (χ0n) is 11.4. The van der Waals surface area contributed by atoms with E-state index in [1.54, 1.807) is 13.2 Å². The Morgan fingerprint density at radius 1 is 1.25 bits per heavy atom. The Labute approximate surface area is 117 Å². The molecule has 1 N–H and O–H groups in total. The van der Waals surface area contributed by atoms with Gasteiger partial charge < -0.3 is 10.1 Å². The van der Waals surface area contributed by atoms with E-state index in [1.165, 1.54) is 6.07 Å². The van der Waals surface area contributed by atoms with Gasteiger partial charge in [0.25, 0.3) is 5.69 Å². The van der Waals surface area contributed by atoms with Crippen LogP contribution in [-0.2, 0) is 6.54 Å². The van der Waals surface area contributed by atoms with Gasteiger partial charge in [-0.15, -0.1) is 0 Å². The highest BCUT2D eigenvalue weighted by Gasteiger charge is 2.07. The van der Waals surface area contributed by atoms with E-state index < -0.39 is 0 Å². The molecule has 104 valence electrons. The van der Waals surface area contributed by atoms with Crippen molar-refractivity contribution in [2.45, 2.75) is 13.5 Å². The number of nitro groups is 1. The highest BCUT2D eigenvalue weighted by Crippen LogP contribution is 2.21. The summed E-state index contributed by atoms with van der Waals surface area (Å²) in [6.07, 6.45) is 0. The second kappa shape index (κ2) is 6.06. The van der Waals surface area contributed by atoms with Crippen molar-refractivity contribution >= 4 is 11.4 Å². The fourth-order valence-corrected chi connectivity index (χ4v) is 1.96. The highest BCUT2D eigenvalue weighted by molar-refractivity contribution is 5.54. The lowest BCUT2D eigenvalue weighted by atomic mass is 10.1. The molecule has 0 heterocycles. The first-order chi connectivity index (χ1) is 9.58. The molecule has 20 heavy (non-hydrogen) atoms. The van der Waals surface area contributed by atoms with Gasteiger partial charge in [-0.2, -0.15) is 0 Å². The van der Waals surface area contributed by atoms with Crippen LogP contribution in [0.5, 0.6) is 5.75 Å². The second-order valence-corrected chi connectivity index (χ2v) is 4.52. The van der Waals surface area contributed by atoms with Crippen LogP contribution in [0, 0.1) is 17.0 Å². The number of nitrogens with zero attached hydrogens (tertiary/aromatic N) is 1. The third-order valence-corrected chi connectivity index (χ3v) is 2.90. The van der Waals surface area contributed by atoms with Crippen LogP contribution in [0.2, 0.25) is 0 Å². The van der Waals surface area contributed by atoms with Crippen LogP contribution >= 0.6 is 0 Å². The lowest BCUT2D eigenvalue weighted by molar-refractivity contribution is -0.384. The zero-order valence-corrected chi connectivity index (χ0v) is 11.4. The lowest BCUT2D eigenvalue weighted by Gasteiger charge is -2.08. The molecule has 0 bridgehead atoms. The Morgan fingerprint density at radius 3 is 2.75 bits per heavy atom. The molecule has 0 spiro atoms. The predicted octanol–water partition coefficient (Wildman–Crippen LogP) is 3.52. The van der Waals surface area contributed by atoms with Crippen LogP contribution in [0.4, 0.5) is 11.4 Å². The van der Waals surface area contributed by atoms with Crippen LogP contribution in [0.1, 0.15) is 11.1 Å². The summed E-state index contributed by atoms with van der Waals surface area (Å²) < 4.78 is 5.16. The summed E-state index contributed by atoms with van der Waals surface area (Å²) >= 11 is 0. The minimum Gasteiger partial charge on any atom is -0.497 e. The summed E-state index contributed by atoms with van der Waals surface area (Å²) in [6, 6.07) is 12.7. The van der Waals surface area contributed by atoms with Gasteiger partial charge in [0.2, 0.25) is 0 Å². The first-order valence-electron chi connectivity index (χ1n) is 6.21. The summed E-state index contributed by atoms with van der Waals surface area (Å²) in [7, 11) is 1.62. The molecule has 0 fully saturated rings. The zero-order chi connectivity index (χ0) is 14.5. The maximum atomic E-state index is 10.8. The normalized spacial score (nSPS) is 10.1. The SMILES string of the molecule is COc1cccc(CNc2cc(C)cc([N+](=O)[O-])c2)c1. The van der Waals surface area contributed by atoms with Crippen LogP contribution in [0.3, 0.4) is 0 Å². The summed E-state index contributed by atoms with van der Waals surface area (Å²) in [5.41, 5.74) is 2.73. The number of hydrogen-bond donors (Lipinski definition) is 1. The molecule has 5 heteroatoms. The molecular weight excluding hydrogens is 256 g/mol. The maximum absolute atomic E-state index is 10.8. The molecule has 0 atom stereocenters. The van der Waals surface area contributed by atoms with Crippen LogP contribution in [-0.4, -0.2) is 12.0 Å². The molecule has 0 saturated heterocycles. The molecule has 0 aliphatic rings. The Morgan fingerprint density at radius 2 is 2.05 bits per heavy atom. The van der Waals surface area contributed by atoms with Gasteiger partial charge in [0.05, 0.1) is 12.0 Å². The molecule has 0 radical (unpaired) electrons. The van der Waals surface area contributed by atoms with E-state index in [0.717, 1.165) is 22.6 Å². The minimum absolute atomic E-state index is 0.0955. The number of hydrogen-bond acceptors (Lipinski definition) is 4. The van der Waals surface area contributed by atoms with Crippen LogP contribution in [0.15, 0.2) is 42.5 Å². The van der Waals surface area contributed by atoms with Gasteiger partial charge in [-0.05, 0) is 36.2 Å². The molecule has 0 saturated carbocycles. The first kappa shape index (κ1) is 13.9. The average Bonchev–Trinajstić information content (AvgIpc) is 2.44. The molecule has 2 aromatic carbocycles. The van der Waals surface area contributed by atoms with Crippen molar-refractivity contribution in [3.8, 4) is 5.75 Å². The van der Waals surface area contributed by atoms with Crippen LogP contribution < -0.4 is 10.1 Å². The number of rotatable bonds is 5. The van der Waals surface area contributed by atoms with Crippen LogP contribution in [0.25, 0.3) is 0 Å². The van der Waals surface area contributed by atoms with E-state index in [4.69, 9.17) is 4.74 Å². The Balaban J connectivity index is 2.12. The third-order valence-electron chi connectivity index (χ3n) is 2.90. The number of benzene rings is 2. The molecular formula is C15H16N2O3. The van der Waals surface area contributed by atoms with Gasteiger partial charge in [0.15, 0.2) is 0 Å². The van der Waals surface area contributed by atoms with E-state index in [-0.39, 0.29) is 10.6 Å². The quantitative estimate of drug-likeness (QED) is 0.668. The number of methoxy groups -OCH3 is 1. The second-order valence-electron chi connectivity index (χ2n) is 4.52. The summed E-state index contributed by atoms with van der Waals surface area (Å²) in [5, 5.41) is 14.0.